The molecule has 1 aromatic carbocycles. The molecular weight excluding hydrogens is 240 g/mol. The van der Waals surface area contributed by atoms with E-state index in [0.717, 1.165) is 51.4 Å². The van der Waals surface area contributed by atoms with Crippen LogP contribution in [-0.2, 0) is 16.0 Å². The Morgan fingerprint density at radius 2 is 1.95 bits per heavy atom. The van der Waals surface area contributed by atoms with Gasteiger partial charge in [0, 0.05) is 13.0 Å². The van der Waals surface area contributed by atoms with Crippen molar-refractivity contribution in [2.45, 2.75) is 12.8 Å². The number of ether oxygens (including phenoxy) is 1. The van der Waals surface area contributed by atoms with Gasteiger partial charge < -0.3 is 15.0 Å². The Morgan fingerprint density at radius 1 is 1.21 bits per heavy atom. The van der Waals surface area contributed by atoms with Crippen molar-refractivity contribution < 1.29 is 14.4 Å². The molecule has 0 aliphatic carbocycles. The second kappa shape index (κ2) is 7.92. The number of morpholine rings is 1. The lowest BCUT2D eigenvalue weighted by atomic mass is 10.1. The summed E-state index contributed by atoms with van der Waals surface area (Å²) in [6, 6.07) is 9.86. The molecule has 104 valence electrons. The minimum absolute atomic E-state index is 0.114. The quantitative estimate of drug-likeness (QED) is 0.689. The van der Waals surface area contributed by atoms with Crippen LogP contribution in [0.1, 0.15) is 12.0 Å². The largest absolute Gasteiger partial charge is 0.370 e. The fourth-order valence-corrected chi connectivity index (χ4v) is 2.32. The van der Waals surface area contributed by atoms with Crippen LogP contribution < -0.4 is 10.2 Å². The average molecular weight is 263 g/mol. The third kappa shape index (κ3) is 5.41. The van der Waals surface area contributed by atoms with Gasteiger partial charge in [-0.2, -0.15) is 0 Å². The van der Waals surface area contributed by atoms with Crippen LogP contribution in [-0.4, -0.2) is 45.3 Å². The van der Waals surface area contributed by atoms with Gasteiger partial charge in [0.05, 0.1) is 26.2 Å². The Kier molecular flexibility index (Phi) is 5.85. The molecule has 4 heteroatoms. The molecule has 0 saturated carbocycles. The minimum atomic E-state index is 0.114. The number of hydrogen-bond donors (Lipinski definition) is 2. The van der Waals surface area contributed by atoms with Crippen molar-refractivity contribution in [1.29, 1.82) is 0 Å². The Hall–Kier alpha value is -1.39. The fraction of sp³-hybridized carbons (Fsp3) is 0.533. The summed E-state index contributed by atoms with van der Waals surface area (Å²) in [5, 5.41) is 2.99. The van der Waals surface area contributed by atoms with Crippen molar-refractivity contribution in [1.82, 2.24) is 5.32 Å². The first-order valence-corrected chi connectivity index (χ1v) is 7.06. The molecule has 1 fully saturated rings. The van der Waals surface area contributed by atoms with E-state index in [0.29, 0.717) is 6.42 Å². The van der Waals surface area contributed by atoms with Gasteiger partial charge in [0.15, 0.2) is 0 Å². The van der Waals surface area contributed by atoms with E-state index in [-0.39, 0.29) is 5.91 Å². The number of benzene rings is 1. The Morgan fingerprint density at radius 3 is 2.68 bits per heavy atom. The van der Waals surface area contributed by atoms with Crippen molar-refractivity contribution in [3.63, 3.8) is 0 Å². The van der Waals surface area contributed by atoms with Gasteiger partial charge in [-0.15, -0.1) is 0 Å². The molecule has 4 nitrogen and oxygen atoms in total. The van der Waals surface area contributed by atoms with E-state index in [9.17, 15) is 4.79 Å². The SMILES string of the molecule is O=C(Cc1ccccc1)NCCC[NH+]1CCOCC1. The maximum atomic E-state index is 11.7. The zero-order chi connectivity index (χ0) is 13.3. The predicted octanol–water partition coefficient (Wildman–Crippen LogP) is -0.349. The second-order valence-electron chi connectivity index (χ2n) is 4.98. The molecule has 1 amide bonds. The third-order valence-electron chi connectivity index (χ3n) is 3.44. The standard InChI is InChI=1S/C15H22N2O2/c18-15(13-14-5-2-1-3-6-14)16-7-4-8-17-9-11-19-12-10-17/h1-3,5-6H,4,7-13H2,(H,16,18)/p+1. The molecule has 1 saturated heterocycles. The molecule has 0 unspecified atom stereocenters. The molecule has 2 rings (SSSR count). The van der Waals surface area contributed by atoms with Gasteiger partial charge in [0.1, 0.15) is 13.1 Å². The highest BCUT2D eigenvalue weighted by Gasteiger charge is 2.12. The summed E-state index contributed by atoms with van der Waals surface area (Å²) in [5.74, 6) is 0.114. The van der Waals surface area contributed by atoms with Crippen LogP contribution in [0.4, 0.5) is 0 Å². The first kappa shape index (κ1) is 14.0. The molecule has 0 spiro atoms. The summed E-state index contributed by atoms with van der Waals surface area (Å²) in [6.45, 7) is 5.83. The topological polar surface area (TPSA) is 42.8 Å². The van der Waals surface area contributed by atoms with E-state index >= 15 is 0 Å². The van der Waals surface area contributed by atoms with Crippen LogP contribution in [0.3, 0.4) is 0 Å². The van der Waals surface area contributed by atoms with Gasteiger partial charge in [-0.25, -0.2) is 0 Å². The van der Waals surface area contributed by atoms with E-state index < -0.39 is 0 Å². The van der Waals surface area contributed by atoms with Crippen molar-refractivity contribution in [2.75, 3.05) is 39.4 Å². The van der Waals surface area contributed by atoms with Crippen LogP contribution in [0.5, 0.6) is 0 Å². The Bertz CT molecular complexity index is 375. The molecule has 0 bridgehead atoms. The third-order valence-corrected chi connectivity index (χ3v) is 3.44. The zero-order valence-corrected chi connectivity index (χ0v) is 11.4. The molecule has 1 aliphatic heterocycles. The molecule has 2 N–H and O–H groups in total. The first-order chi connectivity index (χ1) is 9.34. The van der Waals surface area contributed by atoms with Crippen molar-refractivity contribution in [3.8, 4) is 0 Å². The van der Waals surface area contributed by atoms with E-state index in [1.807, 2.05) is 30.3 Å². The predicted molar refractivity (Wildman–Crippen MR) is 74.2 cm³/mol. The summed E-state index contributed by atoms with van der Waals surface area (Å²) in [5.41, 5.74) is 1.07. The van der Waals surface area contributed by atoms with Crippen molar-refractivity contribution in [2.24, 2.45) is 0 Å². The van der Waals surface area contributed by atoms with Crippen LogP contribution in [0.2, 0.25) is 0 Å². The monoisotopic (exact) mass is 263 g/mol. The molecule has 0 atom stereocenters. The summed E-state index contributed by atoms with van der Waals surface area (Å²) in [6.07, 6.45) is 1.51. The van der Waals surface area contributed by atoms with Crippen LogP contribution in [0.15, 0.2) is 30.3 Å². The van der Waals surface area contributed by atoms with Crippen molar-refractivity contribution >= 4 is 5.91 Å². The normalized spacial score (nSPS) is 16.2. The average Bonchev–Trinajstić information content (AvgIpc) is 2.46. The summed E-state index contributed by atoms with van der Waals surface area (Å²) >= 11 is 0. The van der Waals surface area contributed by atoms with Crippen molar-refractivity contribution in [3.05, 3.63) is 35.9 Å². The highest BCUT2D eigenvalue weighted by atomic mass is 16.5. The van der Waals surface area contributed by atoms with E-state index in [1.54, 1.807) is 4.90 Å². The van der Waals surface area contributed by atoms with Gasteiger partial charge in [-0.1, -0.05) is 30.3 Å². The van der Waals surface area contributed by atoms with Gasteiger partial charge in [-0.05, 0) is 5.56 Å². The smallest absolute Gasteiger partial charge is 0.224 e. The lowest BCUT2D eigenvalue weighted by Crippen LogP contribution is -3.14. The highest BCUT2D eigenvalue weighted by Crippen LogP contribution is 1.98. The lowest BCUT2D eigenvalue weighted by Gasteiger charge is -2.23. The van der Waals surface area contributed by atoms with Crippen LogP contribution in [0, 0.1) is 0 Å². The highest BCUT2D eigenvalue weighted by molar-refractivity contribution is 5.78. The Balaban J connectivity index is 1.56. The fourth-order valence-electron chi connectivity index (χ4n) is 2.32. The number of amides is 1. The molecule has 0 radical (unpaired) electrons. The van der Waals surface area contributed by atoms with Crippen LogP contribution in [0.25, 0.3) is 0 Å². The van der Waals surface area contributed by atoms with E-state index in [4.69, 9.17) is 4.74 Å². The number of nitrogens with one attached hydrogen (secondary N) is 2. The molecule has 0 aromatic heterocycles. The van der Waals surface area contributed by atoms with Gasteiger partial charge in [-0.3, -0.25) is 4.79 Å². The van der Waals surface area contributed by atoms with E-state index in [2.05, 4.69) is 5.32 Å². The Labute approximate surface area is 114 Å². The number of carbonyl (C=O) groups excluding carboxylic acids is 1. The maximum Gasteiger partial charge on any atom is 0.224 e. The molecule has 1 heterocycles. The molecule has 1 aliphatic rings. The first-order valence-electron chi connectivity index (χ1n) is 7.06. The van der Waals surface area contributed by atoms with Crippen LogP contribution >= 0.6 is 0 Å². The number of quaternary nitrogens is 1. The zero-order valence-electron chi connectivity index (χ0n) is 11.4. The van der Waals surface area contributed by atoms with E-state index in [1.165, 1.54) is 0 Å². The maximum absolute atomic E-state index is 11.7. The summed E-state index contributed by atoms with van der Waals surface area (Å²) in [4.78, 5) is 13.3. The summed E-state index contributed by atoms with van der Waals surface area (Å²) in [7, 11) is 0. The number of hydrogen-bond acceptors (Lipinski definition) is 2. The number of rotatable bonds is 6. The lowest BCUT2D eigenvalue weighted by molar-refractivity contribution is -0.908. The molecule has 19 heavy (non-hydrogen) atoms. The molecule has 1 aromatic rings. The summed E-state index contributed by atoms with van der Waals surface area (Å²) < 4.78 is 5.32. The van der Waals surface area contributed by atoms with Gasteiger partial charge in [0.25, 0.3) is 0 Å². The minimum Gasteiger partial charge on any atom is -0.370 e. The number of carbonyl (C=O) groups is 1. The van der Waals surface area contributed by atoms with Gasteiger partial charge >= 0.3 is 0 Å². The van der Waals surface area contributed by atoms with Gasteiger partial charge in [0.2, 0.25) is 5.91 Å². The molecular formula is C15H23N2O2+. The second-order valence-corrected chi connectivity index (χ2v) is 4.98.